The van der Waals surface area contributed by atoms with E-state index < -0.39 is 0 Å². The van der Waals surface area contributed by atoms with E-state index in [2.05, 4.69) is 34.6 Å². The van der Waals surface area contributed by atoms with Gasteiger partial charge in [0.15, 0.2) is 0 Å². The van der Waals surface area contributed by atoms with Crippen molar-refractivity contribution in [3.05, 3.63) is 20.0 Å². The Hall–Kier alpha value is 0.350. The van der Waals surface area contributed by atoms with Crippen LogP contribution in [0.5, 0.6) is 0 Å². The Balaban J connectivity index is 3.27. The molecule has 60 valence electrons. The zero-order valence-corrected chi connectivity index (χ0v) is 14.2. The molecule has 0 nitrogen and oxygen atoms in total. The van der Waals surface area contributed by atoms with Crippen LogP contribution in [-0.4, -0.2) is 24.4 Å². The fourth-order valence-corrected chi connectivity index (χ4v) is 3.92. The molecule has 0 aromatic carbocycles. The number of allylic oxidation sites excluding steroid dienone is 4. The monoisotopic (exact) mass is 252 g/mol. The normalized spacial score (nSPS) is 23.4. The topological polar surface area (TPSA) is 0 Å². The molecule has 0 saturated carbocycles. The molecule has 11 heavy (non-hydrogen) atoms. The molecular formula is C10H17In. The molecule has 1 heteroatoms. The van der Waals surface area contributed by atoms with Gasteiger partial charge in [0.1, 0.15) is 0 Å². The summed E-state index contributed by atoms with van der Waals surface area (Å²) in [5.74, 6) is 0. The molecule has 0 bridgehead atoms. The molecule has 0 amide bonds. The van der Waals surface area contributed by atoms with Gasteiger partial charge in [0.2, 0.25) is 0 Å². The molecule has 1 rings (SSSR count). The quantitative estimate of drug-likeness (QED) is 0.620. The summed E-state index contributed by atoms with van der Waals surface area (Å²) in [7, 11) is 0. The van der Waals surface area contributed by atoms with Gasteiger partial charge in [-0.25, -0.2) is 0 Å². The van der Waals surface area contributed by atoms with E-state index in [0.29, 0.717) is 29.8 Å². The Labute approximate surface area is 84.3 Å². The standard InChI is InChI=1S/C10H15.In.2H/c1-7-6-10(4,5)9(3)8(7)2;;;/h1-5H3;;;. The SMILES string of the molecule is CC1=C(C)C(C)(C)[C]([InH2])=C1C. The summed E-state index contributed by atoms with van der Waals surface area (Å²) < 4.78 is 1.74. The minimum absolute atomic E-state index is 0.407. The van der Waals surface area contributed by atoms with Gasteiger partial charge in [0.05, 0.1) is 0 Å². The van der Waals surface area contributed by atoms with Crippen molar-refractivity contribution in [2.24, 2.45) is 5.41 Å². The van der Waals surface area contributed by atoms with E-state index in [-0.39, 0.29) is 0 Å². The van der Waals surface area contributed by atoms with Gasteiger partial charge in [-0.3, -0.25) is 0 Å². The van der Waals surface area contributed by atoms with Gasteiger partial charge in [0.25, 0.3) is 0 Å². The third-order valence-electron chi connectivity index (χ3n) is 3.56. The fraction of sp³-hybridized carbons (Fsp3) is 0.600. The molecule has 1 aliphatic rings. The van der Waals surface area contributed by atoms with Crippen LogP contribution < -0.4 is 0 Å². The first-order chi connectivity index (χ1) is 4.89. The minimum atomic E-state index is 0.407. The molecule has 0 unspecified atom stereocenters. The summed E-state index contributed by atoms with van der Waals surface area (Å²) in [6.07, 6.45) is 0. The third kappa shape index (κ3) is 1.22. The van der Waals surface area contributed by atoms with Crippen LogP contribution in [0, 0.1) is 5.41 Å². The van der Waals surface area contributed by atoms with Crippen molar-refractivity contribution in [2.45, 2.75) is 34.6 Å². The van der Waals surface area contributed by atoms with Crippen molar-refractivity contribution in [3.63, 3.8) is 0 Å². The van der Waals surface area contributed by atoms with Gasteiger partial charge in [-0.05, 0) is 0 Å². The molecule has 0 aromatic heterocycles. The summed E-state index contributed by atoms with van der Waals surface area (Å²) in [5.41, 5.74) is 5.13. The summed E-state index contributed by atoms with van der Waals surface area (Å²) in [6, 6.07) is 0. The van der Waals surface area contributed by atoms with Crippen molar-refractivity contribution < 1.29 is 0 Å². The zero-order valence-electron chi connectivity index (χ0n) is 8.50. The molecular weight excluding hydrogens is 235 g/mol. The van der Waals surface area contributed by atoms with Crippen LogP contribution in [0.15, 0.2) is 20.0 Å². The fourth-order valence-electron chi connectivity index (χ4n) is 1.78. The second-order valence-electron chi connectivity index (χ2n) is 4.12. The third-order valence-corrected chi connectivity index (χ3v) is 9.27. The summed E-state index contributed by atoms with van der Waals surface area (Å²) in [4.78, 5) is 0. The van der Waals surface area contributed by atoms with E-state index in [1.165, 1.54) is 0 Å². The molecule has 0 saturated heterocycles. The Morgan fingerprint density at radius 2 is 1.45 bits per heavy atom. The Morgan fingerprint density at radius 3 is 1.55 bits per heavy atom. The van der Waals surface area contributed by atoms with Crippen molar-refractivity contribution >= 4 is 24.4 Å². The molecule has 0 N–H and O–H groups in total. The molecule has 0 aliphatic heterocycles. The van der Waals surface area contributed by atoms with Gasteiger partial charge < -0.3 is 0 Å². The van der Waals surface area contributed by atoms with Crippen molar-refractivity contribution in [3.8, 4) is 0 Å². The molecule has 0 spiro atoms. The Kier molecular flexibility index (Phi) is 2.31. The molecule has 0 aromatic rings. The molecule has 0 atom stereocenters. The average molecular weight is 252 g/mol. The first-order valence-electron chi connectivity index (χ1n) is 4.25. The van der Waals surface area contributed by atoms with E-state index >= 15 is 0 Å². The molecule has 0 heterocycles. The Morgan fingerprint density at radius 1 is 1.00 bits per heavy atom. The van der Waals surface area contributed by atoms with Gasteiger partial charge in [0, 0.05) is 0 Å². The average Bonchev–Trinajstić information content (AvgIpc) is 2.06. The number of rotatable bonds is 0. The molecule has 0 fully saturated rings. The van der Waals surface area contributed by atoms with Gasteiger partial charge in [-0.2, -0.15) is 0 Å². The first-order valence-corrected chi connectivity index (χ1v) is 7.10. The van der Waals surface area contributed by atoms with Gasteiger partial charge in [-0.1, -0.05) is 0 Å². The van der Waals surface area contributed by atoms with Gasteiger partial charge in [-0.15, -0.1) is 0 Å². The van der Waals surface area contributed by atoms with Crippen LogP contribution in [0.4, 0.5) is 0 Å². The van der Waals surface area contributed by atoms with Crippen LogP contribution in [0.2, 0.25) is 0 Å². The predicted octanol–water partition coefficient (Wildman–Crippen LogP) is 2.27. The number of hydrogen-bond acceptors (Lipinski definition) is 0. The predicted molar refractivity (Wildman–Crippen MR) is 53.4 cm³/mol. The van der Waals surface area contributed by atoms with E-state index in [1.54, 1.807) is 20.0 Å². The first kappa shape index (κ1) is 9.44. The van der Waals surface area contributed by atoms with Crippen molar-refractivity contribution in [2.75, 3.05) is 0 Å². The van der Waals surface area contributed by atoms with Crippen LogP contribution in [0.1, 0.15) is 34.6 Å². The van der Waals surface area contributed by atoms with Crippen molar-refractivity contribution in [1.29, 1.82) is 0 Å². The summed E-state index contributed by atoms with van der Waals surface area (Å²) in [5, 5.41) is 0. The molecule has 1 aliphatic carbocycles. The maximum absolute atomic E-state index is 2.36. The van der Waals surface area contributed by atoms with Crippen LogP contribution in [0.25, 0.3) is 0 Å². The summed E-state index contributed by atoms with van der Waals surface area (Å²) >= 11 is 0.679. The number of hydrogen-bond donors (Lipinski definition) is 0. The molecule has 0 radical (unpaired) electrons. The second kappa shape index (κ2) is 2.69. The van der Waals surface area contributed by atoms with E-state index in [1.807, 2.05) is 0 Å². The Bertz CT molecular complexity index is 228. The van der Waals surface area contributed by atoms with E-state index in [4.69, 9.17) is 0 Å². The second-order valence-corrected chi connectivity index (χ2v) is 6.98. The van der Waals surface area contributed by atoms with Crippen LogP contribution >= 0.6 is 0 Å². The van der Waals surface area contributed by atoms with E-state index in [9.17, 15) is 0 Å². The van der Waals surface area contributed by atoms with Crippen molar-refractivity contribution in [1.82, 2.24) is 0 Å². The van der Waals surface area contributed by atoms with Crippen LogP contribution in [0.3, 0.4) is 0 Å². The van der Waals surface area contributed by atoms with Gasteiger partial charge >= 0.3 is 84.5 Å². The zero-order chi connectivity index (χ0) is 8.81. The van der Waals surface area contributed by atoms with E-state index in [0.717, 1.165) is 0 Å². The van der Waals surface area contributed by atoms with Crippen LogP contribution in [-0.2, 0) is 0 Å². The maximum atomic E-state index is 2.36. The summed E-state index contributed by atoms with van der Waals surface area (Å²) in [6.45, 7) is 11.5.